The fourth-order valence-electron chi connectivity index (χ4n) is 2.27. The van der Waals surface area contributed by atoms with Gasteiger partial charge in [-0.25, -0.2) is 13.6 Å². The molecule has 154 valence electrons. The summed E-state index contributed by atoms with van der Waals surface area (Å²) in [6, 6.07) is 10.1. The van der Waals surface area contributed by atoms with E-state index in [-0.39, 0.29) is 22.2 Å². The van der Waals surface area contributed by atoms with Crippen molar-refractivity contribution in [2.75, 3.05) is 7.11 Å². The van der Waals surface area contributed by atoms with E-state index in [9.17, 15) is 18.4 Å². The van der Waals surface area contributed by atoms with Crippen LogP contribution in [0.3, 0.4) is 0 Å². The lowest BCUT2D eigenvalue weighted by Gasteiger charge is -2.07. The van der Waals surface area contributed by atoms with Crippen molar-refractivity contribution >= 4 is 35.0 Å². The monoisotopic (exact) mass is 431 g/mol. The first-order chi connectivity index (χ1) is 14.4. The van der Waals surface area contributed by atoms with Gasteiger partial charge in [-0.3, -0.25) is 10.1 Å². The Morgan fingerprint density at radius 2 is 2.07 bits per heavy atom. The maximum atomic E-state index is 13.7. The number of benzene rings is 2. The van der Waals surface area contributed by atoms with Gasteiger partial charge in [0.05, 0.1) is 18.2 Å². The second kappa shape index (κ2) is 9.79. The van der Waals surface area contributed by atoms with Crippen LogP contribution in [0.4, 0.5) is 8.78 Å². The molecule has 30 heavy (non-hydrogen) atoms. The molecule has 0 saturated carbocycles. The summed E-state index contributed by atoms with van der Waals surface area (Å²) in [5.74, 6) is -1.99. The van der Waals surface area contributed by atoms with Crippen molar-refractivity contribution in [2.24, 2.45) is 10.2 Å². The van der Waals surface area contributed by atoms with E-state index in [2.05, 4.69) is 20.3 Å². The predicted molar refractivity (Wildman–Crippen MR) is 108 cm³/mol. The van der Waals surface area contributed by atoms with Gasteiger partial charge in [-0.05, 0) is 41.6 Å². The molecule has 0 unspecified atom stereocenters. The first-order valence-electron chi connectivity index (χ1n) is 8.51. The second-order valence-corrected chi connectivity index (χ2v) is 6.87. The number of nitrogens with one attached hydrogen (secondary N) is 1. The fraction of sp³-hybridized carbons (Fsp3) is 0.100. The molecule has 1 amide bonds. The molecule has 0 bridgehead atoms. The normalized spacial score (nSPS) is 16.3. The van der Waals surface area contributed by atoms with E-state index in [1.807, 2.05) is 0 Å². The third-order valence-corrected chi connectivity index (χ3v) is 4.62. The van der Waals surface area contributed by atoms with Gasteiger partial charge < -0.3 is 9.47 Å². The van der Waals surface area contributed by atoms with E-state index in [0.29, 0.717) is 11.3 Å². The third-order valence-electron chi connectivity index (χ3n) is 3.72. The van der Waals surface area contributed by atoms with E-state index in [1.165, 1.54) is 19.4 Å². The molecule has 2 aromatic rings. The topological polar surface area (TPSA) is 89.3 Å². The number of amidine groups is 1. The van der Waals surface area contributed by atoms with Gasteiger partial charge in [0.25, 0.3) is 5.91 Å². The molecule has 2 aromatic carbocycles. The first kappa shape index (κ1) is 21.2. The van der Waals surface area contributed by atoms with Gasteiger partial charge in [0.1, 0.15) is 24.0 Å². The first-order valence-corrected chi connectivity index (χ1v) is 9.33. The molecule has 1 saturated heterocycles. The number of hydrogen-bond donors (Lipinski definition) is 1. The van der Waals surface area contributed by atoms with Gasteiger partial charge in [0.15, 0.2) is 5.17 Å². The van der Waals surface area contributed by atoms with Crippen molar-refractivity contribution in [3.8, 4) is 5.75 Å². The number of nitrogens with zero attached hydrogens (tertiary/aromatic N) is 2. The van der Waals surface area contributed by atoms with E-state index in [0.717, 1.165) is 30.0 Å². The number of hydrogen-bond acceptors (Lipinski definition) is 7. The maximum Gasteiger partial charge on any atom is 0.331 e. The minimum absolute atomic E-state index is 0.0625. The standard InChI is InChI=1S/C20H15F2N3O4S/c1-28-18(26)9-17-19(27)24-20(30-17)25-23-10-12-3-2-4-15(7-12)29-11-13-5-6-14(21)8-16(13)22/h2-10H,11H2,1H3,(H,24,25,27)/b17-9+,23-10?. The minimum Gasteiger partial charge on any atom is -0.489 e. The number of carbonyl (C=O) groups is 2. The Balaban J connectivity index is 1.62. The molecule has 0 atom stereocenters. The Bertz CT molecular complexity index is 1070. The van der Waals surface area contributed by atoms with Crippen LogP contribution in [-0.2, 0) is 20.9 Å². The van der Waals surface area contributed by atoms with E-state index in [4.69, 9.17) is 4.74 Å². The van der Waals surface area contributed by atoms with Gasteiger partial charge in [-0.15, -0.1) is 5.10 Å². The summed E-state index contributed by atoms with van der Waals surface area (Å²) < 4.78 is 36.6. The van der Waals surface area contributed by atoms with Crippen LogP contribution in [0.5, 0.6) is 5.75 Å². The summed E-state index contributed by atoms with van der Waals surface area (Å²) in [6.07, 6.45) is 2.50. The van der Waals surface area contributed by atoms with Crippen molar-refractivity contribution < 1.29 is 27.8 Å². The van der Waals surface area contributed by atoms with E-state index >= 15 is 0 Å². The van der Waals surface area contributed by atoms with Crippen LogP contribution < -0.4 is 10.1 Å². The Morgan fingerprint density at radius 3 is 2.83 bits per heavy atom. The number of methoxy groups -OCH3 is 1. The number of rotatable bonds is 6. The summed E-state index contributed by atoms with van der Waals surface area (Å²) in [5, 5.41) is 10.5. The highest BCUT2D eigenvalue weighted by atomic mass is 32.2. The average Bonchev–Trinajstić information content (AvgIpc) is 3.06. The van der Waals surface area contributed by atoms with Crippen molar-refractivity contribution in [3.63, 3.8) is 0 Å². The zero-order valence-corrected chi connectivity index (χ0v) is 16.4. The van der Waals surface area contributed by atoms with Crippen LogP contribution in [0.15, 0.2) is 63.6 Å². The third kappa shape index (κ3) is 5.74. The highest BCUT2D eigenvalue weighted by Gasteiger charge is 2.24. The zero-order chi connectivity index (χ0) is 21.5. The molecule has 10 heteroatoms. The Hall–Kier alpha value is -3.53. The fourth-order valence-corrected chi connectivity index (χ4v) is 3.01. The van der Waals surface area contributed by atoms with Crippen LogP contribution in [-0.4, -0.2) is 30.4 Å². The summed E-state index contributed by atoms with van der Waals surface area (Å²) in [6.45, 7) is -0.0625. The summed E-state index contributed by atoms with van der Waals surface area (Å²) in [5.41, 5.74) is 0.878. The summed E-state index contributed by atoms with van der Waals surface area (Å²) in [4.78, 5) is 23.1. The lowest BCUT2D eigenvalue weighted by atomic mass is 10.2. The molecular weight excluding hydrogens is 416 g/mol. The summed E-state index contributed by atoms with van der Waals surface area (Å²) >= 11 is 0.958. The van der Waals surface area contributed by atoms with Crippen molar-refractivity contribution in [2.45, 2.75) is 6.61 Å². The molecular formula is C20H15F2N3O4S. The number of ether oxygens (including phenoxy) is 2. The van der Waals surface area contributed by atoms with Crippen molar-refractivity contribution in [3.05, 3.63) is 76.2 Å². The van der Waals surface area contributed by atoms with Crippen LogP contribution in [0.2, 0.25) is 0 Å². The van der Waals surface area contributed by atoms with Gasteiger partial charge in [0.2, 0.25) is 0 Å². The van der Waals surface area contributed by atoms with E-state index in [1.54, 1.807) is 24.3 Å². The Kier molecular flexibility index (Phi) is 6.91. The quantitative estimate of drug-likeness (QED) is 0.329. The van der Waals surface area contributed by atoms with Crippen LogP contribution >= 0.6 is 11.8 Å². The lowest BCUT2D eigenvalue weighted by Crippen LogP contribution is -2.19. The lowest BCUT2D eigenvalue weighted by molar-refractivity contribution is -0.135. The number of halogens is 2. The number of esters is 1. The molecule has 3 rings (SSSR count). The largest absolute Gasteiger partial charge is 0.489 e. The molecule has 0 spiro atoms. The van der Waals surface area contributed by atoms with Crippen LogP contribution in [0, 0.1) is 11.6 Å². The van der Waals surface area contributed by atoms with Crippen LogP contribution in [0.25, 0.3) is 0 Å². The second-order valence-electron chi connectivity index (χ2n) is 5.83. The SMILES string of the molecule is COC(=O)/C=C1/S/C(=N\N=Cc2cccc(OCc3ccc(F)cc3F)c2)NC1=O. The number of amides is 1. The number of carbonyl (C=O) groups excluding carboxylic acids is 2. The number of thioether (sulfide) groups is 1. The van der Waals surface area contributed by atoms with Gasteiger partial charge in [0, 0.05) is 17.7 Å². The molecule has 1 fully saturated rings. The molecule has 1 heterocycles. The molecule has 1 aliphatic heterocycles. The van der Waals surface area contributed by atoms with Gasteiger partial charge in [-0.1, -0.05) is 12.1 Å². The predicted octanol–water partition coefficient (Wildman–Crippen LogP) is 3.15. The van der Waals surface area contributed by atoms with Crippen LogP contribution in [0.1, 0.15) is 11.1 Å². The molecule has 1 N–H and O–H groups in total. The Morgan fingerprint density at radius 1 is 1.23 bits per heavy atom. The molecule has 1 aliphatic rings. The highest BCUT2D eigenvalue weighted by Crippen LogP contribution is 2.23. The Labute approximate surface area is 174 Å². The smallest absolute Gasteiger partial charge is 0.331 e. The maximum absolute atomic E-state index is 13.7. The average molecular weight is 431 g/mol. The van der Waals surface area contributed by atoms with Gasteiger partial charge >= 0.3 is 5.97 Å². The molecule has 7 nitrogen and oxygen atoms in total. The molecule has 0 radical (unpaired) electrons. The van der Waals surface area contributed by atoms with Gasteiger partial charge in [-0.2, -0.15) is 5.10 Å². The minimum atomic E-state index is -0.680. The summed E-state index contributed by atoms with van der Waals surface area (Å²) in [7, 11) is 1.21. The highest BCUT2D eigenvalue weighted by molar-refractivity contribution is 8.18. The van der Waals surface area contributed by atoms with Crippen molar-refractivity contribution in [1.82, 2.24) is 5.32 Å². The van der Waals surface area contributed by atoms with Crippen molar-refractivity contribution in [1.29, 1.82) is 0 Å². The zero-order valence-electron chi connectivity index (χ0n) is 15.6. The molecule has 0 aromatic heterocycles. The van der Waals surface area contributed by atoms with E-state index < -0.39 is 23.5 Å². The molecule has 0 aliphatic carbocycles.